The quantitative estimate of drug-likeness (QED) is 0.450. The first-order valence-corrected chi connectivity index (χ1v) is 9.79. The van der Waals surface area contributed by atoms with Gasteiger partial charge in [-0.15, -0.1) is 0 Å². The summed E-state index contributed by atoms with van der Waals surface area (Å²) in [5.74, 6) is -0.193. The highest BCUT2D eigenvalue weighted by atomic mass is 35.5. The summed E-state index contributed by atoms with van der Waals surface area (Å²) in [6, 6.07) is 20.9. The topological polar surface area (TPSA) is 64.0 Å². The molecule has 0 aliphatic rings. The SMILES string of the molecule is O=C(C=Cc1ccc(Cl)cc1)Nn1c(-c2cccc(Cl)c2)nc2ccccc2c1=O. The lowest BCUT2D eigenvalue weighted by atomic mass is 10.2. The second kappa shape index (κ2) is 8.53. The third-order valence-electron chi connectivity index (χ3n) is 4.38. The van der Waals surface area contributed by atoms with E-state index in [0.717, 1.165) is 10.2 Å². The predicted octanol–water partition coefficient (Wildman–Crippen LogP) is 5.15. The van der Waals surface area contributed by atoms with Crippen LogP contribution in [0.5, 0.6) is 0 Å². The second-order valence-corrected chi connectivity index (χ2v) is 7.34. The molecule has 7 heteroatoms. The highest BCUT2D eigenvalue weighted by molar-refractivity contribution is 6.31. The van der Waals surface area contributed by atoms with Crippen molar-refractivity contribution in [3.8, 4) is 11.4 Å². The fourth-order valence-electron chi connectivity index (χ4n) is 2.95. The van der Waals surface area contributed by atoms with E-state index in [1.165, 1.54) is 6.08 Å². The number of nitrogens with zero attached hydrogens (tertiary/aromatic N) is 2. The number of aromatic nitrogens is 2. The molecule has 1 N–H and O–H groups in total. The van der Waals surface area contributed by atoms with Crippen molar-refractivity contribution in [1.29, 1.82) is 0 Å². The number of hydrogen-bond donors (Lipinski definition) is 1. The van der Waals surface area contributed by atoms with Crippen molar-refractivity contribution in [2.45, 2.75) is 0 Å². The Kier molecular flexibility index (Phi) is 5.65. The van der Waals surface area contributed by atoms with Crippen molar-refractivity contribution in [3.05, 3.63) is 105 Å². The molecule has 1 aromatic heterocycles. The van der Waals surface area contributed by atoms with Crippen molar-refractivity contribution >= 4 is 46.1 Å². The zero-order valence-electron chi connectivity index (χ0n) is 15.5. The highest BCUT2D eigenvalue weighted by Crippen LogP contribution is 2.21. The van der Waals surface area contributed by atoms with Crippen LogP contribution in [0.25, 0.3) is 28.4 Å². The second-order valence-electron chi connectivity index (χ2n) is 6.46. The van der Waals surface area contributed by atoms with Gasteiger partial charge in [-0.25, -0.2) is 4.98 Å². The molecule has 30 heavy (non-hydrogen) atoms. The Morgan fingerprint density at radius 3 is 2.47 bits per heavy atom. The fourth-order valence-corrected chi connectivity index (χ4v) is 3.27. The van der Waals surface area contributed by atoms with Gasteiger partial charge in [0.15, 0.2) is 5.82 Å². The van der Waals surface area contributed by atoms with Gasteiger partial charge in [0.2, 0.25) is 0 Å². The van der Waals surface area contributed by atoms with Crippen LogP contribution in [0.2, 0.25) is 10.0 Å². The molecule has 0 fully saturated rings. The van der Waals surface area contributed by atoms with Crippen LogP contribution in [0, 0.1) is 0 Å². The molecule has 5 nitrogen and oxygen atoms in total. The van der Waals surface area contributed by atoms with Crippen LogP contribution in [0.1, 0.15) is 5.56 Å². The Morgan fingerprint density at radius 1 is 0.933 bits per heavy atom. The van der Waals surface area contributed by atoms with E-state index in [0.29, 0.717) is 26.5 Å². The molecule has 0 atom stereocenters. The smallest absolute Gasteiger partial charge is 0.268 e. The highest BCUT2D eigenvalue weighted by Gasteiger charge is 2.14. The molecular weight excluding hydrogens is 421 g/mol. The number of fused-ring (bicyclic) bond motifs is 1. The third kappa shape index (κ3) is 4.27. The van der Waals surface area contributed by atoms with Crippen LogP contribution < -0.4 is 11.0 Å². The summed E-state index contributed by atoms with van der Waals surface area (Å²) >= 11 is 12.0. The molecule has 0 saturated heterocycles. The van der Waals surface area contributed by atoms with Crippen molar-refractivity contribution in [3.63, 3.8) is 0 Å². The summed E-state index contributed by atoms with van der Waals surface area (Å²) < 4.78 is 1.14. The Hall–Kier alpha value is -3.41. The Balaban J connectivity index is 1.75. The van der Waals surface area contributed by atoms with Crippen LogP contribution in [0.4, 0.5) is 0 Å². The molecule has 0 aliphatic heterocycles. The molecule has 148 valence electrons. The number of para-hydroxylation sites is 1. The number of carbonyl (C=O) groups is 1. The molecule has 0 unspecified atom stereocenters. The van der Waals surface area contributed by atoms with E-state index in [-0.39, 0.29) is 11.4 Å². The number of rotatable bonds is 4. The lowest BCUT2D eigenvalue weighted by Gasteiger charge is -2.14. The van der Waals surface area contributed by atoms with Crippen LogP contribution in [-0.2, 0) is 4.79 Å². The first-order chi connectivity index (χ1) is 14.5. The number of halogens is 2. The first kappa shape index (κ1) is 19.9. The largest absolute Gasteiger partial charge is 0.280 e. The molecule has 0 aliphatic carbocycles. The van der Waals surface area contributed by atoms with Crippen LogP contribution in [0.3, 0.4) is 0 Å². The fraction of sp³-hybridized carbons (Fsp3) is 0. The van der Waals surface area contributed by atoms with Gasteiger partial charge in [-0.1, -0.05) is 59.6 Å². The minimum atomic E-state index is -0.479. The van der Waals surface area contributed by atoms with E-state index in [2.05, 4.69) is 10.4 Å². The van der Waals surface area contributed by atoms with E-state index in [4.69, 9.17) is 23.2 Å². The van der Waals surface area contributed by atoms with E-state index >= 15 is 0 Å². The van der Waals surface area contributed by atoms with Crippen molar-refractivity contribution < 1.29 is 4.79 Å². The summed E-state index contributed by atoms with van der Waals surface area (Å²) in [7, 11) is 0. The van der Waals surface area contributed by atoms with Gasteiger partial charge in [-0.05, 0) is 48.0 Å². The van der Waals surface area contributed by atoms with Gasteiger partial charge in [0.05, 0.1) is 10.9 Å². The first-order valence-electron chi connectivity index (χ1n) is 9.04. The summed E-state index contributed by atoms with van der Waals surface area (Å²) in [5.41, 5.74) is 4.16. The van der Waals surface area contributed by atoms with E-state index in [1.807, 2.05) is 0 Å². The van der Waals surface area contributed by atoms with Gasteiger partial charge in [-0.2, -0.15) is 4.68 Å². The molecule has 1 amide bonds. The van der Waals surface area contributed by atoms with Gasteiger partial charge in [0.25, 0.3) is 11.5 Å². The monoisotopic (exact) mass is 435 g/mol. The van der Waals surface area contributed by atoms with Gasteiger partial charge in [0, 0.05) is 21.7 Å². The van der Waals surface area contributed by atoms with Gasteiger partial charge in [0.1, 0.15) is 0 Å². The van der Waals surface area contributed by atoms with E-state index < -0.39 is 5.91 Å². The summed E-state index contributed by atoms with van der Waals surface area (Å²) in [4.78, 5) is 30.2. The Bertz CT molecular complexity index is 1330. The zero-order chi connectivity index (χ0) is 21.1. The average Bonchev–Trinajstić information content (AvgIpc) is 2.75. The summed E-state index contributed by atoms with van der Waals surface area (Å²) in [5, 5.41) is 1.50. The lowest BCUT2D eigenvalue weighted by molar-refractivity contribution is -0.112. The summed E-state index contributed by atoms with van der Waals surface area (Å²) in [6.45, 7) is 0. The summed E-state index contributed by atoms with van der Waals surface area (Å²) in [6.07, 6.45) is 2.97. The number of hydrogen-bond acceptors (Lipinski definition) is 3. The van der Waals surface area contributed by atoms with E-state index in [9.17, 15) is 9.59 Å². The zero-order valence-corrected chi connectivity index (χ0v) is 17.1. The van der Waals surface area contributed by atoms with Gasteiger partial charge < -0.3 is 0 Å². The van der Waals surface area contributed by atoms with Crippen molar-refractivity contribution in [2.75, 3.05) is 5.43 Å². The molecule has 4 rings (SSSR count). The predicted molar refractivity (Wildman–Crippen MR) is 121 cm³/mol. The lowest BCUT2D eigenvalue weighted by Crippen LogP contribution is -2.34. The molecular formula is C23H15Cl2N3O2. The van der Waals surface area contributed by atoms with Crippen molar-refractivity contribution in [2.24, 2.45) is 0 Å². The number of amides is 1. The molecule has 0 spiro atoms. The number of nitrogens with one attached hydrogen (secondary N) is 1. The average molecular weight is 436 g/mol. The van der Waals surface area contributed by atoms with Crippen LogP contribution in [0.15, 0.2) is 83.7 Å². The van der Waals surface area contributed by atoms with Crippen LogP contribution >= 0.6 is 23.2 Å². The minimum Gasteiger partial charge on any atom is -0.268 e. The van der Waals surface area contributed by atoms with Gasteiger partial charge in [-0.3, -0.25) is 15.0 Å². The normalized spacial score (nSPS) is 11.1. The Labute approximate surface area is 182 Å². The third-order valence-corrected chi connectivity index (χ3v) is 4.86. The van der Waals surface area contributed by atoms with Crippen LogP contribution in [-0.4, -0.2) is 15.6 Å². The Morgan fingerprint density at radius 2 is 1.70 bits per heavy atom. The molecule has 1 heterocycles. The number of carbonyl (C=O) groups excluding carboxylic acids is 1. The molecule has 0 bridgehead atoms. The minimum absolute atomic E-state index is 0.287. The molecule has 3 aromatic carbocycles. The van der Waals surface area contributed by atoms with Gasteiger partial charge >= 0.3 is 0 Å². The molecule has 4 aromatic rings. The maximum atomic E-state index is 13.1. The van der Waals surface area contributed by atoms with E-state index in [1.54, 1.807) is 78.9 Å². The standard InChI is InChI=1S/C23H15Cl2N3O2/c24-17-11-8-15(9-12-17)10-13-21(29)27-28-22(16-4-3-5-18(25)14-16)26-20-7-2-1-6-19(20)23(28)30/h1-14H,(H,27,29). The molecule has 0 radical (unpaired) electrons. The number of benzene rings is 3. The molecule has 0 saturated carbocycles. The maximum absolute atomic E-state index is 13.1. The maximum Gasteiger partial charge on any atom is 0.280 e. The van der Waals surface area contributed by atoms with Crippen molar-refractivity contribution in [1.82, 2.24) is 9.66 Å².